The van der Waals surface area contributed by atoms with Crippen molar-refractivity contribution in [3.8, 4) is 10.8 Å². The van der Waals surface area contributed by atoms with E-state index in [-0.39, 0.29) is 22.4 Å². The average molecular weight is 436 g/mol. The molecule has 0 saturated carbocycles. The summed E-state index contributed by atoms with van der Waals surface area (Å²) in [6.45, 7) is 5.15. The van der Waals surface area contributed by atoms with Crippen molar-refractivity contribution in [3.05, 3.63) is 53.2 Å². The lowest BCUT2D eigenvalue weighted by Gasteiger charge is -2.21. The Morgan fingerprint density at radius 2 is 1.93 bits per heavy atom. The molecule has 0 spiro atoms. The van der Waals surface area contributed by atoms with Crippen LogP contribution in [0.3, 0.4) is 0 Å². The molecule has 1 atom stereocenters. The Hall–Kier alpha value is -2.56. The van der Waals surface area contributed by atoms with Crippen LogP contribution >= 0.6 is 11.3 Å². The quantitative estimate of drug-likeness (QED) is 0.521. The molecule has 10 heteroatoms. The van der Waals surface area contributed by atoms with Gasteiger partial charge in [0.1, 0.15) is 0 Å². The smallest absolute Gasteiger partial charge is 0.338 e. The molecular weight excluding hydrogens is 414 g/mol. The van der Waals surface area contributed by atoms with E-state index in [1.165, 1.54) is 47.0 Å². The first kappa shape index (κ1) is 21.2. The van der Waals surface area contributed by atoms with Gasteiger partial charge in [0, 0.05) is 13.1 Å². The van der Waals surface area contributed by atoms with Crippen molar-refractivity contribution in [1.29, 1.82) is 0 Å². The monoisotopic (exact) mass is 435 g/mol. The highest BCUT2D eigenvalue weighted by atomic mass is 32.2. The summed E-state index contributed by atoms with van der Waals surface area (Å²) in [5, 5.41) is 9.78. The number of hydrogen-bond donors (Lipinski definition) is 0. The molecule has 0 N–H and O–H groups in total. The predicted molar refractivity (Wildman–Crippen MR) is 108 cm³/mol. The number of carbonyl (C=O) groups excluding carboxylic acids is 1. The summed E-state index contributed by atoms with van der Waals surface area (Å²) in [6.07, 6.45) is -0.790. The van der Waals surface area contributed by atoms with Crippen LogP contribution in [0.2, 0.25) is 0 Å². The molecule has 29 heavy (non-hydrogen) atoms. The zero-order chi connectivity index (χ0) is 21.2. The highest BCUT2D eigenvalue weighted by molar-refractivity contribution is 7.89. The lowest BCUT2D eigenvalue weighted by molar-refractivity contribution is 0.0279. The number of aromatic nitrogens is 2. The summed E-state index contributed by atoms with van der Waals surface area (Å²) in [7, 11) is -2.22. The van der Waals surface area contributed by atoms with Gasteiger partial charge in [-0.2, -0.15) is 4.31 Å². The van der Waals surface area contributed by atoms with Crippen molar-refractivity contribution in [3.63, 3.8) is 0 Å². The number of rotatable bonds is 7. The normalized spacial score (nSPS) is 13.0. The van der Waals surface area contributed by atoms with Crippen LogP contribution in [0.15, 0.2) is 51.1 Å². The molecule has 2 aromatic heterocycles. The van der Waals surface area contributed by atoms with Gasteiger partial charge in [0.25, 0.3) is 11.8 Å². The number of carbonyl (C=O) groups is 1. The van der Waals surface area contributed by atoms with Crippen molar-refractivity contribution >= 4 is 27.3 Å². The van der Waals surface area contributed by atoms with E-state index >= 15 is 0 Å². The molecule has 8 nitrogen and oxygen atoms in total. The predicted octanol–water partition coefficient (Wildman–Crippen LogP) is 3.75. The molecule has 0 amide bonds. The molecule has 0 saturated heterocycles. The number of benzene rings is 1. The molecule has 0 radical (unpaired) electrons. The number of ether oxygens (including phenoxy) is 1. The maximum Gasteiger partial charge on any atom is 0.338 e. The first-order valence-corrected chi connectivity index (χ1v) is 11.2. The highest BCUT2D eigenvalue weighted by Crippen LogP contribution is 2.26. The number of sulfonamides is 1. The summed E-state index contributed by atoms with van der Waals surface area (Å²) in [5.41, 5.74) is 0.119. The zero-order valence-electron chi connectivity index (χ0n) is 16.4. The third kappa shape index (κ3) is 4.55. The molecule has 0 aliphatic heterocycles. The van der Waals surface area contributed by atoms with Crippen LogP contribution in [-0.2, 0) is 14.8 Å². The Balaban J connectivity index is 1.76. The van der Waals surface area contributed by atoms with Gasteiger partial charge in [-0.15, -0.1) is 21.5 Å². The largest absolute Gasteiger partial charge is 0.449 e. The van der Waals surface area contributed by atoms with Gasteiger partial charge in [-0.25, -0.2) is 13.2 Å². The second-order valence-electron chi connectivity index (χ2n) is 6.61. The number of thiophene rings is 1. The van der Waals surface area contributed by atoms with Gasteiger partial charge in [-0.1, -0.05) is 12.1 Å². The molecule has 0 aliphatic carbocycles. The molecular formula is C19H21N3O5S2. The van der Waals surface area contributed by atoms with E-state index in [9.17, 15) is 13.2 Å². The van der Waals surface area contributed by atoms with E-state index in [1.54, 1.807) is 20.8 Å². The number of esters is 1. The van der Waals surface area contributed by atoms with E-state index in [4.69, 9.17) is 9.15 Å². The molecule has 2 heterocycles. The van der Waals surface area contributed by atoms with E-state index in [2.05, 4.69) is 10.2 Å². The number of hydrogen-bond acceptors (Lipinski definition) is 8. The third-order valence-corrected chi connectivity index (χ3v) is 7.17. The van der Waals surface area contributed by atoms with Crippen LogP contribution < -0.4 is 0 Å². The summed E-state index contributed by atoms with van der Waals surface area (Å²) in [4.78, 5) is 13.4. The van der Waals surface area contributed by atoms with Crippen LogP contribution in [0.1, 0.15) is 43.1 Å². The Kier molecular flexibility index (Phi) is 6.15. The first-order chi connectivity index (χ1) is 13.7. The van der Waals surface area contributed by atoms with Gasteiger partial charge in [0.2, 0.25) is 10.0 Å². The van der Waals surface area contributed by atoms with E-state index in [0.29, 0.717) is 5.89 Å². The molecule has 3 rings (SSSR count). The first-order valence-electron chi connectivity index (χ1n) is 8.86. The lowest BCUT2D eigenvalue weighted by Crippen LogP contribution is -2.33. The van der Waals surface area contributed by atoms with E-state index in [1.807, 2.05) is 17.5 Å². The zero-order valence-corrected chi connectivity index (χ0v) is 18.0. The van der Waals surface area contributed by atoms with Crippen molar-refractivity contribution in [2.45, 2.75) is 37.8 Å². The van der Waals surface area contributed by atoms with Crippen LogP contribution in [0.25, 0.3) is 10.8 Å². The Labute approximate surface area is 173 Å². The van der Waals surface area contributed by atoms with E-state index in [0.717, 1.165) is 4.88 Å². The minimum atomic E-state index is -3.71. The molecule has 3 aromatic rings. The fourth-order valence-corrected chi connectivity index (χ4v) is 4.46. The van der Waals surface area contributed by atoms with Crippen LogP contribution in [0, 0.1) is 0 Å². The Bertz CT molecular complexity index is 1090. The molecule has 0 fully saturated rings. The van der Waals surface area contributed by atoms with Gasteiger partial charge < -0.3 is 9.15 Å². The Morgan fingerprint density at radius 1 is 1.17 bits per heavy atom. The van der Waals surface area contributed by atoms with Crippen LogP contribution in [0.5, 0.6) is 0 Å². The highest BCUT2D eigenvalue weighted by Gasteiger charge is 2.25. The van der Waals surface area contributed by atoms with Crippen molar-refractivity contribution < 1.29 is 22.4 Å². The molecule has 0 aliphatic rings. The van der Waals surface area contributed by atoms with Crippen molar-refractivity contribution in [2.75, 3.05) is 7.05 Å². The SMILES string of the molecule is CC(OC(=O)c1cccc(S(=O)(=O)N(C)C(C)C)c1)c1nnc(-c2cccs2)o1. The maximum atomic E-state index is 12.6. The second-order valence-corrected chi connectivity index (χ2v) is 9.56. The summed E-state index contributed by atoms with van der Waals surface area (Å²) in [5.74, 6) is -0.176. The fraction of sp³-hybridized carbons (Fsp3) is 0.316. The third-order valence-electron chi connectivity index (χ3n) is 4.28. The van der Waals surface area contributed by atoms with Crippen molar-refractivity contribution in [2.24, 2.45) is 0 Å². The summed E-state index contributed by atoms with van der Waals surface area (Å²) < 4.78 is 37.5. The van der Waals surface area contributed by atoms with Gasteiger partial charge >= 0.3 is 5.97 Å². The van der Waals surface area contributed by atoms with E-state index < -0.39 is 22.1 Å². The molecule has 0 bridgehead atoms. The second kappa shape index (κ2) is 8.44. The fourth-order valence-electron chi connectivity index (χ4n) is 2.41. The standard InChI is InChI=1S/C19H21N3O5S2/c1-12(2)22(4)29(24,25)15-8-5-7-14(11-15)19(23)26-13(3)17-20-21-18(27-17)16-9-6-10-28-16/h5-13H,1-4H3. The van der Waals surface area contributed by atoms with Crippen LogP contribution in [0.4, 0.5) is 0 Å². The average Bonchev–Trinajstić information content (AvgIpc) is 3.38. The maximum absolute atomic E-state index is 12.6. The molecule has 154 valence electrons. The topological polar surface area (TPSA) is 103 Å². The summed E-state index contributed by atoms with van der Waals surface area (Å²) >= 11 is 1.46. The summed E-state index contributed by atoms with van der Waals surface area (Å²) in [6, 6.07) is 9.24. The van der Waals surface area contributed by atoms with Crippen molar-refractivity contribution in [1.82, 2.24) is 14.5 Å². The molecule has 1 aromatic carbocycles. The van der Waals surface area contributed by atoms with Gasteiger partial charge in [-0.05, 0) is 50.4 Å². The number of nitrogens with zero attached hydrogens (tertiary/aromatic N) is 3. The Morgan fingerprint density at radius 3 is 2.59 bits per heavy atom. The van der Waals surface area contributed by atoms with Crippen LogP contribution in [-0.4, -0.2) is 42.0 Å². The minimum Gasteiger partial charge on any atom is -0.449 e. The van der Waals surface area contributed by atoms with Gasteiger partial charge in [-0.3, -0.25) is 0 Å². The minimum absolute atomic E-state index is 0.0218. The van der Waals surface area contributed by atoms with Gasteiger partial charge in [0.15, 0.2) is 6.10 Å². The lowest BCUT2D eigenvalue weighted by atomic mass is 10.2. The van der Waals surface area contributed by atoms with Gasteiger partial charge in [0.05, 0.1) is 15.3 Å². The molecule has 1 unspecified atom stereocenters.